The molecule has 0 saturated carbocycles. The number of nitro groups is 1. The van der Waals surface area contributed by atoms with Crippen LogP contribution in [-0.4, -0.2) is 10.7 Å². The Kier molecular flexibility index (Phi) is 3.75. The zero-order valence-electron chi connectivity index (χ0n) is 10.4. The number of hydrogen-bond donors (Lipinski definition) is 0. The Morgan fingerprint density at radius 3 is 2.14 bits per heavy atom. The van der Waals surface area contributed by atoms with Crippen molar-refractivity contribution < 1.29 is 22.9 Å². The van der Waals surface area contributed by atoms with Gasteiger partial charge in [0, 0.05) is 17.2 Å². The lowest BCUT2D eigenvalue weighted by Gasteiger charge is -2.09. The smallest absolute Gasteiger partial charge is 0.289 e. The zero-order chi connectivity index (χ0) is 15.6. The predicted molar refractivity (Wildman–Crippen MR) is 68.0 cm³/mol. The zero-order valence-corrected chi connectivity index (χ0v) is 10.4. The van der Waals surface area contributed by atoms with Gasteiger partial charge in [0.05, 0.1) is 4.92 Å². The molecule has 4 nitrogen and oxygen atoms in total. The molecule has 0 spiro atoms. The van der Waals surface area contributed by atoms with Crippen LogP contribution in [0.15, 0.2) is 48.5 Å². The molecular formula is C14H8F3NO3. The summed E-state index contributed by atoms with van der Waals surface area (Å²) in [6.07, 6.45) is -4.91. The lowest BCUT2D eigenvalue weighted by atomic mass is 10.00. The molecule has 0 N–H and O–H groups in total. The fraction of sp³-hybridized carbons (Fsp3) is 0.0714. The van der Waals surface area contributed by atoms with E-state index < -0.39 is 28.1 Å². The second kappa shape index (κ2) is 5.35. The Hall–Kier alpha value is -2.70. The van der Waals surface area contributed by atoms with Crippen LogP contribution in [0.2, 0.25) is 0 Å². The Balaban J connectivity index is 2.53. The summed E-state index contributed by atoms with van der Waals surface area (Å²) in [6, 6.07) is 9.93. The van der Waals surface area contributed by atoms with Crippen LogP contribution < -0.4 is 0 Å². The normalized spacial score (nSPS) is 11.2. The number of hydrogen-bond acceptors (Lipinski definition) is 3. The number of nitrogens with zero attached hydrogens (tertiary/aromatic N) is 1. The molecule has 21 heavy (non-hydrogen) atoms. The van der Waals surface area contributed by atoms with Crippen molar-refractivity contribution in [3.8, 4) is 0 Å². The van der Waals surface area contributed by atoms with Crippen molar-refractivity contribution >= 4 is 11.5 Å². The van der Waals surface area contributed by atoms with E-state index in [2.05, 4.69) is 0 Å². The van der Waals surface area contributed by atoms with Crippen molar-refractivity contribution in [3.63, 3.8) is 0 Å². The molecule has 108 valence electrons. The maximum Gasteiger partial charge on any atom is 0.423 e. The number of rotatable bonds is 3. The molecule has 0 aliphatic rings. The minimum absolute atomic E-state index is 0.208. The van der Waals surface area contributed by atoms with Gasteiger partial charge in [-0.1, -0.05) is 30.3 Å². The number of benzene rings is 2. The van der Waals surface area contributed by atoms with Crippen LogP contribution >= 0.6 is 0 Å². The van der Waals surface area contributed by atoms with Crippen LogP contribution in [-0.2, 0) is 6.18 Å². The number of nitro benzene ring substituents is 1. The summed E-state index contributed by atoms with van der Waals surface area (Å²) in [5.74, 6) is -0.629. The molecule has 2 aromatic rings. The lowest BCUT2D eigenvalue weighted by molar-refractivity contribution is -0.388. The average molecular weight is 295 g/mol. The van der Waals surface area contributed by atoms with Crippen LogP contribution in [0.3, 0.4) is 0 Å². The van der Waals surface area contributed by atoms with Crippen molar-refractivity contribution in [1.82, 2.24) is 0 Å². The average Bonchev–Trinajstić information content (AvgIpc) is 2.45. The molecule has 0 aliphatic heterocycles. The van der Waals surface area contributed by atoms with Crippen LogP contribution in [0.25, 0.3) is 0 Å². The molecule has 0 radical (unpaired) electrons. The highest BCUT2D eigenvalue weighted by atomic mass is 19.4. The number of halogens is 3. The molecule has 0 bridgehead atoms. The van der Waals surface area contributed by atoms with E-state index >= 15 is 0 Å². The van der Waals surface area contributed by atoms with E-state index in [0.717, 1.165) is 6.07 Å². The molecule has 0 aromatic heterocycles. The summed E-state index contributed by atoms with van der Waals surface area (Å²) in [7, 11) is 0. The third-order valence-corrected chi connectivity index (χ3v) is 2.80. The van der Waals surface area contributed by atoms with Gasteiger partial charge in [0.2, 0.25) is 0 Å². The SMILES string of the molecule is O=C(c1ccccc1)c1ccc([N+](=O)[O-])c(C(F)(F)F)c1. The molecule has 0 saturated heterocycles. The molecule has 2 rings (SSSR count). The van der Waals surface area contributed by atoms with E-state index in [1.807, 2.05) is 0 Å². The van der Waals surface area contributed by atoms with E-state index in [9.17, 15) is 28.1 Å². The summed E-state index contributed by atoms with van der Waals surface area (Å²) in [6.45, 7) is 0. The molecular weight excluding hydrogens is 287 g/mol. The van der Waals surface area contributed by atoms with Crippen LogP contribution in [0.5, 0.6) is 0 Å². The van der Waals surface area contributed by atoms with Gasteiger partial charge in [0.15, 0.2) is 5.78 Å². The second-order valence-corrected chi connectivity index (χ2v) is 4.18. The van der Waals surface area contributed by atoms with Crippen LogP contribution in [0.1, 0.15) is 21.5 Å². The molecule has 2 aromatic carbocycles. The first kappa shape index (κ1) is 14.7. The molecule has 0 atom stereocenters. The van der Waals surface area contributed by atoms with Gasteiger partial charge in [-0.2, -0.15) is 13.2 Å². The summed E-state index contributed by atoms with van der Waals surface area (Å²) < 4.78 is 38.5. The number of ketones is 1. The van der Waals surface area contributed by atoms with Gasteiger partial charge in [-0.05, 0) is 12.1 Å². The third kappa shape index (κ3) is 3.07. The first-order valence-electron chi connectivity index (χ1n) is 5.76. The van der Waals surface area contributed by atoms with Crippen molar-refractivity contribution in [2.45, 2.75) is 6.18 Å². The maximum absolute atomic E-state index is 12.8. The summed E-state index contributed by atoms with van der Waals surface area (Å²) in [4.78, 5) is 21.6. The highest BCUT2D eigenvalue weighted by molar-refractivity contribution is 6.09. The Morgan fingerprint density at radius 2 is 1.62 bits per heavy atom. The third-order valence-electron chi connectivity index (χ3n) is 2.80. The Labute approximate surface area is 117 Å². The fourth-order valence-electron chi connectivity index (χ4n) is 1.82. The minimum atomic E-state index is -4.91. The van der Waals surface area contributed by atoms with Gasteiger partial charge in [-0.3, -0.25) is 14.9 Å². The highest BCUT2D eigenvalue weighted by Crippen LogP contribution is 2.36. The largest absolute Gasteiger partial charge is 0.423 e. The molecule has 0 fully saturated rings. The number of carbonyl (C=O) groups excluding carboxylic acids is 1. The van der Waals surface area contributed by atoms with Gasteiger partial charge in [0.1, 0.15) is 5.56 Å². The van der Waals surface area contributed by atoms with Gasteiger partial charge in [-0.25, -0.2) is 0 Å². The first-order valence-corrected chi connectivity index (χ1v) is 5.76. The monoisotopic (exact) mass is 295 g/mol. The molecule has 0 heterocycles. The topological polar surface area (TPSA) is 60.2 Å². The van der Waals surface area contributed by atoms with Gasteiger partial charge in [-0.15, -0.1) is 0 Å². The molecule has 7 heteroatoms. The maximum atomic E-state index is 12.8. The van der Waals surface area contributed by atoms with Crippen molar-refractivity contribution in [2.24, 2.45) is 0 Å². The number of carbonyl (C=O) groups is 1. The van der Waals surface area contributed by atoms with Crippen LogP contribution in [0.4, 0.5) is 18.9 Å². The quantitative estimate of drug-likeness (QED) is 0.491. The Bertz CT molecular complexity index is 696. The van der Waals surface area contributed by atoms with E-state index in [1.165, 1.54) is 12.1 Å². The van der Waals surface area contributed by atoms with Crippen LogP contribution in [0, 0.1) is 10.1 Å². The van der Waals surface area contributed by atoms with Gasteiger partial charge in [0.25, 0.3) is 5.69 Å². The molecule has 0 unspecified atom stereocenters. The van der Waals surface area contributed by atoms with Crippen molar-refractivity contribution in [1.29, 1.82) is 0 Å². The Morgan fingerprint density at radius 1 is 1.00 bits per heavy atom. The van der Waals surface area contributed by atoms with Crippen molar-refractivity contribution in [2.75, 3.05) is 0 Å². The standard InChI is InChI=1S/C14H8F3NO3/c15-14(16,17)11-8-10(6-7-12(11)18(20)21)13(19)9-4-2-1-3-5-9/h1-8H. The summed E-state index contributed by atoms with van der Waals surface area (Å²) in [5.41, 5.74) is -2.56. The number of alkyl halides is 3. The second-order valence-electron chi connectivity index (χ2n) is 4.18. The van der Waals surface area contributed by atoms with E-state index in [-0.39, 0.29) is 11.1 Å². The minimum Gasteiger partial charge on any atom is -0.289 e. The van der Waals surface area contributed by atoms with Gasteiger partial charge >= 0.3 is 6.18 Å². The first-order chi connectivity index (χ1) is 9.80. The van der Waals surface area contributed by atoms with E-state index in [0.29, 0.717) is 12.1 Å². The predicted octanol–water partition coefficient (Wildman–Crippen LogP) is 3.84. The van der Waals surface area contributed by atoms with Gasteiger partial charge < -0.3 is 0 Å². The highest BCUT2D eigenvalue weighted by Gasteiger charge is 2.38. The lowest BCUT2D eigenvalue weighted by Crippen LogP contribution is -2.11. The van der Waals surface area contributed by atoms with Crippen molar-refractivity contribution in [3.05, 3.63) is 75.3 Å². The summed E-state index contributed by atoms with van der Waals surface area (Å²) in [5, 5.41) is 10.6. The fourth-order valence-corrected chi connectivity index (χ4v) is 1.82. The van der Waals surface area contributed by atoms with E-state index in [4.69, 9.17) is 0 Å². The molecule has 0 aliphatic carbocycles. The van der Waals surface area contributed by atoms with E-state index in [1.54, 1.807) is 18.2 Å². The summed E-state index contributed by atoms with van der Waals surface area (Å²) >= 11 is 0. The molecule has 0 amide bonds.